The molecule has 1 aliphatic heterocycles. The highest BCUT2D eigenvalue weighted by atomic mass is 32.1. The zero-order chi connectivity index (χ0) is 16.3. The number of hydrogen-bond acceptors (Lipinski definition) is 8. The Kier molecular flexibility index (Phi) is 5.13. The van der Waals surface area contributed by atoms with Crippen molar-refractivity contribution >= 4 is 17.7 Å². The van der Waals surface area contributed by atoms with E-state index in [1.807, 2.05) is 13.8 Å². The average molecular weight is 342 g/mol. The lowest BCUT2D eigenvalue weighted by Crippen LogP contribution is -2.38. The molecule has 0 radical (unpaired) electrons. The Labute approximate surface area is 139 Å². The van der Waals surface area contributed by atoms with Gasteiger partial charge in [0.05, 0.1) is 30.9 Å². The number of carbonyl (C=O) groups excluding carboxylic acids is 1. The zero-order valence-electron chi connectivity index (χ0n) is 13.4. The molecule has 0 aromatic carbocycles. The highest BCUT2D eigenvalue weighted by molar-refractivity contribution is 6.99. The first-order valence-electron chi connectivity index (χ1n) is 7.98. The Morgan fingerprint density at radius 2 is 2.04 bits per heavy atom. The minimum absolute atomic E-state index is 0.0847. The molecule has 1 unspecified atom stereocenters. The van der Waals surface area contributed by atoms with E-state index in [2.05, 4.69) is 8.75 Å². The summed E-state index contributed by atoms with van der Waals surface area (Å²) in [4.78, 5) is 12.3. The Bertz CT molecular complexity index is 534. The van der Waals surface area contributed by atoms with Crippen LogP contribution in [0.5, 0.6) is 5.88 Å². The first kappa shape index (κ1) is 16.6. The van der Waals surface area contributed by atoms with Gasteiger partial charge in [-0.05, 0) is 26.7 Å². The highest BCUT2D eigenvalue weighted by Gasteiger charge is 2.42. The summed E-state index contributed by atoms with van der Waals surface area (Å²) >= 11 is 1.11. The smallest absolute Gasteiger partial charge is 0.309 e. The molecule has 23 heavy (non-hydrogen) atoms. The second kappa shape index (κ2) is 7.11. The molecule has 7 nitrogen and oxygen atoms in total. The van der Waals surface area contributed by atoms with Crippen molar-refractivity contribution in [1.29, 1.82) is 0 Å². The van der Waals surface area contributed by atoms with Crippen LogP contribution in [-0.2, 0) is 19.0 Å². The average Bonchev–Trinajstić information content (AvgIpc) is 3.15. The van der Waals surface area contributed by atoms with Gasteiger partial charge < -0.3 is 18.9 Å². The maximum absolute atomic E-state index is 12.3. The predicted molar refractivity (Wildman–Crippen MR) is 82.3 cm³/mol. The number of rotatable bonds is 5. The van der Waals surface area contributed by atoms with Crippen LogP contribution in [0, 0.1) is 12.8 Å². The van der Waals surface area contributed by atoms with Gasteiger partial charge in [0.25, 0.3) is 0 Å². The molecule has 2 fully saturated rings. The first-order valence-corrected chi connectivity index (χ1v) is 8.71. The summed E-state index contributed by atoms with van der Waals surface area (Å²) in [5, 5.41) is 0. The van der Waals surface area contributed by atoms with Gasteiger partial charge in [-0.15, -0.1) is 4.37 Å². The van der Waals surface area contributed by atoms with Gasteiger partial charge in [0, 0.05) is 12.8 Å². The van der Waals surface area contributed by atoms with Crippen molar-refractivity contribution in [3.8, 4) is 5.88 Å². The number of esters is 1. The van der Waals surface area contributed by atoms with Gasteiger partial charge in [-0.1, -0.05) is 0 Å². The van der Waals surface area contributed by atoms with Crippen molar-refractivity contribution in [3.63, 3.8) is 0 Å². The monoisotopic (exact) mass is 342 g/mol. The summed E-state index contributed by atoms with van der Waals surface area (Å²) in [6.45, 7) is 5.23. The van der Waals surface area contributed by atoms with E-state index in [1.165, 1.54) is 0 Å². The van der Waals surface area contributed by atoms with Crippen LogP contribution in [0.1, 0.15) is 38.3 Å². The summed E-state index contributed by atoms with van der Waals surface area (Å²) < 4.78 is 30.4. The van der Waals surface area contributed by atoms with Crippen molar-refractivity contribution < 1.29 is 23.7 Å². The van der Waals surface area contributed by atoms with E-state index < -0.39 is 5.79 Å². The van der Waals surface area contributed by atoms with Gasteiger partial charge in [-0.2, -0.15) is 4.37 Å². The lowest BCUT2D eigenvalue weighted by atomic mass is 9.85. The molecular formula is C15H22N2O5S. The number of ether oxygens (including phenoxy) is 4. The van der Waals surface area contributed by atoms with Crippen LogP contribution in [0.3, 0.4) is 0 Å². The van der Waals surface area contributed by atoms with E-state index >= 15 is 0 Å². The van der Waals surface area contributed by atoms with Gasteiger partial charge in [0.1, 0.15) is 18.4 Å². The van der Waals surface area contributed by atoms with E-state index in [0.29, 0.717) is 19.1 Å². The number of aryl methyl sites for hydroxylation is 1. The summed E-state index contributed by atoms with van der Waals surface area (Å²) in [7, 11) is 0. The van der Waals surface area contributed by atoms with E-state index in [-0.39, 0.29) is 24.6 Å². The fourth-order valence-electron chi connectivity index (χ4n) is 2.96. The van der Waals surface area contributed by atoms with Crippen LogP contribution in [0.25, 0.3) is 0 Å². The standard InChI is InChI=1S/C15H22N2O5S/c1-10(9-19-13-11(2)16-23-17-13)22-14(18)12-3-5-15(6-4-12)20-7-8-21-15/h10,12H,3-9H2,1-2H3. The molecule has 1 saturated carbocycles. The van der Waals surface area contributed by atoms with E-state index in [9.17, 15) is 4.79 Å². The third kappa shape index (κ3) is 3.99. The molecule has 1 atom stereocenters. The van der Waals surface area contributed by atoms with Crippen molar-refractivity contribution in [2.75, 3.05) is 19.8 Å². The third-order valence-corrected chi connectivity index (χ3v) is 4.88. The van der Waals surface area contributed by atoms with Crippen molar-refractivity contribution in [1.82, 2.24) is 8.75 Å². The van der Waals surface area contributed by atoms with Gasteiger partial charge in [-0.25, -0.2) is 0 Å². The Morgan fingerprint density at radius 1 is 1.35 bits per heavy atom. The molecule has 1 saturated heterocycles. The summed E-state index contributed by atoms with van der Waals surface area (Å²) in [6.07, 6.45) is 2.66. The molecule has 3 rings (SSSR count). The maximum atomic E-state index is 12.3. The molecular weight excluding hydrogens is 320 g/mol. The van der Waals surface area contributed by atoms with Crippen molar-refractivity contribution in [3.05, 3.63) is 5.69 Å². The zero-order valence-corrected chi connectivity index (χ0v) is 14.3. The van der Waals surface area contributed by atoms with Gasteiger partial charge >= 0.3 is 5.97 Å². The van der Waals surface area contributed by atoms with E-state index in [1.54, 1.807) is 0 Å². The SMILES string of the molecule is Cc1nsnc1OCC(C)OC(=O)C1CCC2(CC1)OCCO2. The molecule has 8 heteroatoms. The topological polar surface area (TPSA) is 79.8 Å². The molecule has 1 aromatic heterocycles. The quantitative estimate of drug-likeness (QED) is 0.758. The summed E-state index contributed by atoms with van der Waals surface area (Å²) in [5.74, 6) is -0.186. The molecule has 0 bridgehead atoms. The Morgan fingerprint density at radius 3 is 2.65 bits per heavy atom. The number of aromatic nitrogens is 2. The van der Waals surface area contributed by atoms with Crippen LogP contribution in [0.4, 0.5) is 0 Å². The van der Waals surface area contributed by atoms with Crippen LogP contribution < -0.4 is 4.74 Å². The summed E-state index contributed by atoms with van der Waals surface area (Å²) in [6, 6.07) is 0. The molecule has 0 amide bonds. The van der Waals surface area contributed by atoms with Crippen LogP contribution in [0.2, 0.25) is 0 Å². The molecule has 1 spiro atoms. The number of carbonyl (C=O) groups is 1. The second-order valence-corrected chi connectivity index (χ2v) is 6.62. The van der Waals surface area contributed by atoms with Gasteiger partial charge in [0.2, 0.25) is 5.88 Å². The highest BCUT2D eigenvalue weighted by Crippen LogP contribution is 2.38. The van der Waals surface area contributed by atoms with Crippen molar-refractivity contribution in [2.45, 2.75) is 51.4 Å². The van der Waals surface area contributed by atoms with Crippen molar-refractivity contribution in [2.24, 2.45) is 5.92 Å². The predicted octanol–water partition coefficient (Wildman–Crippen LogP) is 2.09. The maximum Gasteiger partial charge on any atom is 0.309 e. The first-order chi connectivity index (χ1) is 11.1. The normalized spacial score (nSPS) is 22.2. The van der Waals surface area contributed by atoms with Crippen LogP contribution in [-0.4, -0.2) is 46.4 Å². The fourth-order valence-corrected chi connectivity index (χ4v) is 3.46. The summed E-state index contributed by atoms with van der Waals surface area (Å²) in [5.41, 5.74) is 0.752. The number of hydrogen-bond donors (Lipinski definition) is 0. The molecule has 2 aliphatic rings. The molecule has 1 aliphatic carbocycles. The second-order valence-electron chi connectivity index (χ2n) is 6.10. The van der Waals surface area contributed by atoms with Gasteiger partial charge in [0.15, 0.2) is 5.79 Å². The Hall–Kier alpha value is -1.25. The lowest BCUT2D eigenvalue weighted by Gasteiger charge is -2.34. The lowest BCUT2D eigenvalue weighted by molar-refractivity contribution is -0.189. The largest absolute Gasteiger partial charge is 0.472 e. The Balaban J connectivity index is 1.41. The molecule has 0 N–H and O–H groups in total. The minimum atomic E-state index is -0.444. The third-order valence-electron chi connectivity index (χ3n) is 4.28. The number of nitrogens with zero attached hydrogens (tertiary/aromatic N) is 2. The minimum Gasteiger partial charge on any atom is -0.472 e. The van der Waals surface area contributed by atoms with E-state index in [4.69, 9.17) is 18.9 Å². The molecule has 1 aromatic rings. The van der Waals surface area contributed by atoms with Gasteiger partial charge in [-0.3, -0.25) is 4.79 Å². The molecule has 2 heterocycles. The molecule has 128 valence electrons. The van der Waals surface area contributed by atoms with Crippen LogP contribution >= 0.6 is 11.7 Å². The van der Waals surface area contributed by atoms with E-state index in [0.717, 1.165) is 43.1 Å². The fraction of sp³-hybridized carbons (Fsp3) is 0.800. The van der Waals surface area contributed by atoms with Crippen LogP contribution in [0.15, 0.2) is 0 Å².